The van der Waals surface area contributed by atoms with Gasteiger partial charge in [0.15, 0.2) is 5.82 Å². The van der Waals surface area contributed by atoms with Gasteiger partial charge in [0.2, 0.25) is 0 Å². The predicted octanol–water partition coefficient (Wildman–Crippen LogP) is 4.11. The van der Waals surface area contributed by atoms with Gasteiger partial charge in [-0.25, -0.2) is 14.5 Å². The Morgan fingerprint density at radius 1 is 1.07 bits per heavy atom. The molecule has 2 aromatic heterocycles. The number of rotatable bonds is 9. The van der Waals surface area contributed by atoms with Crippen LogP contribution in [0.15, 0.2) is 42.6 Å². The number of unbranched alkanes of at least 4 members (excludes halogenated alkanes) is 1. The number of aromatic carboxylic acids is 1. The summed E-state index contributed by atoms with van der Waals surface area (Å²) in [5, 5.41) is 14.2. The molecule has 0 fully saturated rings. The summed E-state index contributed by atoms with van der Waals surface area (Å²) in [6.45, 7) is 4.87. The lowest BCUT2D eigenvalue weighted by Gasteiger charge is -2.13. The standard InChI is InChI=1S/C21H26N4O2/c1-3-5-13-20-22-19(9-4-2)23-25(20)15-16-10-6-7-11-17(16)24-14-8-12-18(24)21(26)27/h6-8,10-12,14H,3-5,9,13,15H2,1-2H3,(H,26,27). The SMILES string of the molecule is CCCCc1nc(CCC)nn1Cc1ccccc1-n1cccc1C(=O)O. The number of carboxylic acid groups (broad SMARTS) is 1. The van der Waals surface area contributed by atoms with Crippen molar-refractivity contribution in [2.75, 3.05) is 0 Å². The quantitative estimate of drug-likeness (QED) is 0.618. The van der Waals surface area contributed by atoms with Crippen LogP contribution in [-0.2, 0) is 19.4 Å². The first-order valence-corrected chi connectivity index (χ1v) is 9.55. The summed E-state index contributed by atoms with van der Waals surface area (Å²) in [7, 11) is 0. The highest BCUT2D eigenvalue weighted by Gasteiger charge is 2.15. The van der Waals surface area contributed by atoms with E-state index >= 15 is 0 Å². The van der Waals surface area contributed by atoms with Gasteiger partial charge in [0, 0.05) is 19.0 Å². The van der Waals surface area contributed by atoms with E-state index in [4.69, 9.17) is 10.1 Å². The van der Waals surface area contributed by atoms with Crippen molar-refractivity contribution in [1.29, 1.82) is 0 Å². The van der Waals surface area contributed by atoms with Crippen molar-refractivity contribution in [3.8, 4) is 5.69 Å². The number of carboxylic acids is 1. The Morgan fingerprint density at radius 3 is 2.63 bits per heavy atom. The van der Waals surface area contributed by atoms with Crippen molar-refractivity contribution in [1.82, 2.24) is 19.3 Å². The van der Waals surface area contributed by atoms with E-state index in [1.165, 1.54) is 0 Å². The lowest BCUT2D eigenvalue weighted by atomic mass is 10.1. The van der Waals surface area contributed by atoms with E-state index in [9.17, 15) is 9.90 Å². The second-order valence-electron chi connectivity index (χ2n) is 6.65. The molecule has 6 heteroatoms. The summed E-state index contributed by atoms with van der Waals surface area (Å²) >= 11 is 0. The van der Waals surface area contributed by atoms with E-state index in [1.54, 1.807) is 22.9 Å². The molecule has 1 N–H and O–H groups in total. The van der Waals surface area contributed by atoms with Crippen LogP contribution in [0.5, 0.6) is 0 Å². The van der Waals surface area contributed by atoms with Gasteiger partial charge in [-0.1, -0.05) is 38.5 Å². The number of nitrogens with zero attached hydrogens (tertiary/aromatic N) is 4. The highest BCUT2D eigenvalue weighted by Crippen LogP contribution is 2.20. The lowest BCUT2D eigenvalue weighted by Crippen LogP contribution is -2.12. The minimum Gasteiger partial charge on any atom is -0.477 e. The summed E-state index contributed by atoms with van der Waals surface area (Å²) in [5.74, 6) is 0.943. The van der Waals surface area contributed by atoms with Gasteiger partial charge in [-0.05, 0) is 36.6 Å². The van der Waals surface area contributed by atoms with Crippen molar-refractivity contribution >= 4 is 5.97 Å². The average Bonchev–Trinajstić information content (AvgIpc) is 3.28. The second kappa shape index (κ2) is 8.66. The van der Waals surface area contributed by atoms with Crippen LogP contribution >= 0.6 is 0 Å². The zero-order valence-corrected chi connectivity index (χ0v) is 15.9. The lowest BCUT2D eigenvalue weighted by molar-refractivity contribution is 0.0688. The Kier molecular flexibility index (Phi) is 6.06. The molecular weight excluding hydrogens is 340 g/mol. The van der Waals surface area contributed by atoms with Crippen LogP contribution in [0.4, 0.5) is 0 Å². The van der Waals surface area contributed by atoms with Gasteiger partial charge in [0.25, 0.3) is 0 Å². The predicted molar refractivity (Wildman–Crippen MR) is 104 cm³/mol. The van der Waals surface area contributed by atoms with Crippen LogP contribution in [0.3, 0.4) is 0 Å². The molecule has 0 saturated heterocycles. The minimum absolute atomic E-state index is 0.249. The van der Waals surface area contributed by atoms with Gasteiger partial charge in [-0.3, -0.25) is 0 Å². The molecule has 0 radical (unpaired) electrons. The maximum Gasteiger partial charge on any atom is 0.352 e. The van der Waals surface area contributed by atoms with Gasteiger partial charge in [-0.15, -0.1) is 0 Å². The third-order valence-electron chi connectivity index (χ3n) is 4.56. The molecule has 3 aromatic rings. The molecule has 0 aliphatic carbocycles. The van der Waals surface area contributed by atoms with Gasteiger partial charge in [-0.2, -0.15) is 5.10 Å². The maximum atomic E-state index is 11.5. The molecule has 2 heterocycles. The third-order valence-corrected chi connectivity index (χ3v) is 4.56. The van der Waals surface area contributed by atoms with Crippen molar-refractivity contribution < 1.29 is 9.90 Å². The zero-order valence-electron chi connectivity index (χ0n) is 15.9. The van der Waals surface area contributed by atoms with Crippen LogP contribution in [0.1, 0.15) is 60.8 Å². The van der Waals surface area contributed by atoms with E-state index in [2.05, 4.69) is 13.8 Å². The Balaban J connectivity index is 1.97. The van der Waals surface area contributed by atoms with Crippen molar-refractivity contribution in [2.45, 2.75) is 52.5 Å². The van der Waals surface area contributed by atoms with Crippen molar-refractivity contribution in [2.24, 2.45) is 0 Å². The number of aromatic nitrogens is 4. The molecule has 27 heavy (non-hydrogen) atoms. The first-order chi connectivity index (χ1) is 13.1. The highest BCUT2D eigenvalue weighted by molar-refractivity contribution is 5.86. The van der Waals surface area contributed by atoms with E-state index in [1.807, 2.05) is 28.9 Å². The Bertz CT molecular complexity index is 911. The van der Waals surface area contributed by atoms with Crippen molar-refractivity contribution in [3.05, 3.63) is 65.5 Å². The number of hydrogen-bond acceptors (Lipinski definition) is 3. The summed E-state index contributed by atoms with van der Waals surface area (Å²) in [5.41, 5.74) is 2.12. The van der Waals surface area contributed by atoms with Crippen LogP contribution < -0.4 is 0 Å². The Labute approximate surface area is 159 Å². The number of benzene rings is 1. The summed E-state index contributed by atoms with van der Waals surface area (Å²) in [6, 6.07) is 11.2. The molecule has 0 unspecified atom stereocenters. The van der Waals surface area contributed by atoms with Crippen LogP contribution in [-0.4, -0.2) is 30.4 Å². The summed E-state index contributed by atoms with van der Waals surface area (Å²) in [6.07, 6.45) is 6.75. The largest absolute Gasteiger partial charge is 0.477 e. The molecule has 0 atom stereocenters. The molecule has 142 valence electrons. The van der Waals surface area contributed by atoms with Crippen LogP contribution in [0, 0.1) is 0 Å². The van der Waals surface area contributed by atoms with Gasteiger partial charge >= 0.3 is 5.97 Å². The molecule has 3 rings (SSSR count). The van der Waals surface area contributed by atoms with Crippen molar-refractivity contribution in [3.63, 3.8) is 0 Å². The first-order valence-electron chi connectivity index (χ1n) is 9.55. The third kappa shape index (κ3) is 4.27. The molecule has 0 saturated carbocycles. The molecule has 0 amide bonds. The second-order valence-corrected chi connectivity index (χ2v) is 6.65. The topological polar surface area (TPSA) is 72.9 Å². The Hall–Kier alpha value is -2.89. The van der Waals surface area contributed by atoms with E-state index in [0.717, 1.165) is 55.0 Å². The smallest absolute Gasteiger partial charge is 0.352 e. The molecule has 0 bridgehead atoms. The maximum absolute atomic E-state index is 11.5. The first kappa shape index (κ1) is 18.9. The van der Waals surface area contributed by atoms with E-state index in [0.29, 0.717) is 6.54 Å². The van der Waals surface area contributed by atoms with Gasteiger partial charge in [0.05, 0.1) is 12.2 Å². The van der Waals surface area contributed by atoms with Gasteiger partial charge in [0.1, 0.15) is 11.5 Å². The minimum atomic E-state index is -0.940. The molecule has 6 nitrogen and oxygen atoms in total. The number of carbonyl (C=O) groups is 1. The zero-order chi connectivity index (χ0) is 19.2. The van der Waals surface area contributed by atoms with Crippen LogP contribution in [0.2, 0.25) is 0 Å². The molecule has 0 aliphatic rings. The number of hydrogen-bond donors (Lipinski definition) is 1. The molecule has 0 aliphatic heterocycles. The average molecular weight is 366 g/mol. The molecule has 1 aromatic carbocycles. The summed E-state index contributed by atoms with van der Waals surface area (Å²) < 4.78 is 3.69. The van der Waals surface area contributed by atoms with Gasteiger partial charge < -0.3 is 9.67 Å². The fourth-order valence-corrected chi connectivity index (χ4v) is 3.21. The fourth-order valence-electron chi connectivity index (χ4n) is 3.21. The summed E-state index contributed by atoms with van der Waals surface area (Å²) in [4.78, 5) is 16.2. The number of aryl methyl sites for hydroxylation is 2. The monoisotopic (exact) mass is 366 g/mol. The normalized spacial score (nSPS) is 11.0. The fraction of sp³-hybridized carbons (Fsp3) is 0.381. The molecule has 0 spiro atoms. The van der Waals surface area contributed by atoms with Crippen LogP contribution in [0.25, 0.3) is 5.69 Å². The highest BCUT2D eigenvalue weighted by atomic mass is 16.4. The number of para-hydroxylation sites is 1. The van der Waals surface area contributed by atoms with E-state index in [-0.39, 0.29) is 5.69 Å². The van der Waals surface area contributed by atoms with E-state index < -0.39 is 5.97 Å². The molecular formula is C21H26N4O2. The Morgan fingerprint density at radius 2 is 1.89 bits per heavy atom.